The van der Waals surface area contributed by atoms with Crippen LogP contribution in [0.15, 0.2) is 24.3 Å². The lowest BCUT2D eigenvalue weighted by Gasteiger charge is -2.39. The van der Waals surface area contributed by atoms with Crippen LogP contribution in [0.1, 0.15) is 51.2 Å². The molecule has 0 amide bonds. The fourth-order valence-electron chi connectivity index (χ4n) is 3.44. The van der Waals surface area contributed by atoms with Crippen LogP contribution in [0.2, 0.25) is 0 Å². The Bertz CT molecular complexity index is 531. The quantitative estimate of drug-likeness (QED) is 0.752. The number of halogens is 3. The van der Waals surface area contributed by atoms with Crippen LogP contribution in [-0.2, 0) is 16.4 Å². The van der Waals surface area contributed by atoms with Crippen LogP contribution < -0.4 is 0 Å². The third-order valence-electron chi connectivity index (χ3n) is 4.68. The van der Waals surface area contributed by atoms with Crippen molar-refractivity contribution in [2.24, 2.45) is 11.8 Å². The molecule has 4 heteroatoms. The number of carbonyl (C=O) groups excluding carboxylic acids is 1. The van der Waals surface area contributed by atoms with Crippen molar-refractivity contribution in [3.63, 3.8) is 0 Å². The van der Waals surface area contributed by atoms with E-state index in [1.807, 2.05) is 6.92 Å². The molecule has 1 fully saturated rings. The van der Waals surface area contributed by atoms with E-state index in [4.69, 9.17) is 0 Å². The van der Waals surface area contributed by atoms with Gasteiger partial charge in [0.15, 0.2) is 0 Å². The van der Waals surface area contributed by atoms with Gasteiger partial charge < -0.3 is 0 Å². The van der Waals surface area contributed by atoms with Gasteiger partial charge in [-0.25, -0.2) is 0 Å². The van der Waals surface area contributed by atoms with E-state index in [2.05, 4.69) is 0 Å². The van der Waals surface area contributed by atoms with Gasteiger partial charge in [-0.15, -0.1) is 0 Å². The van der Waals surface area contributed by atoms with E-state index in [0.717, 1.165) is 12.5 Å². The first-order valence-electron chi connectivity index (χ1n) is 7.33. The fourth-order valence-corrected chi connectivity index (χ4v) is 3.44. The third-order valence-corrected chi connectivity index (χ3v) is 4.68. The molecule has 116 valence electrons. The van der Waals surface area contributed by atoms with Gasteiger partial charge in [0.05, 0.1) is 5.56 Å². The summed E-state index contributed by atoms with van der Waals surface area (Å²) in [5.41, 5.74) is -1.20. The van der Waals surface area contributed by atoms with Crippen molar-refractivity contribution in [1.29, 1.82) is 0 Å². The Balaban J connectivity index is 2.43. The van der Waals surface area contributed by atoms with Crippen LogP contribution >= 0.6 is 0 Å². The van der Waals surface area contributed by atoms with Crippen LogP contribution in [0.5, 0.6) is 0 Å². The van der Waals surface area contributed by atoms with E-state index in [1.165, 1.54) is 12.1 Å². The summed E-state index contributed by atoms with van der Waals surface area (Å²) in [6, 6.07) is 5.62. The van der Waals surface area contributed by atoms with E-state index >= 15 is 0 Å². The van der Waals surface area contributed by atoms with Gasteiger partial charge in [-0.1, -0.05) is 39.0 Å². The summed E-state index contributed by atoms with van der Waals surface area (Å²) < 4.78 is 39.7. The van der Waals surface area contributed by atoms with E-state index in [9.17, 15) is 18.0 Å². The lowest BCUT2D eigenvalue weighted by molar-refractivity contribution is -0.140. The first-order chi connectivity index (χ1) is 9.64. The largest absolute Gasteiger partial charge is 0.416 e. The van der Waals surface area contributed by atoms with Gasteiger partial charge in [0.1, 0.15) is 5.78 Å². The van der Waals surface area contributed by atoms with Crippen molar-refractivity contribution < 1.29 is 18.0 Å². The summed E-state index contributed by atoms with van der Waals surface area (Å²) in [5, 5.41) is 0. The molecule has 0 spiro atoms. The van der Waals surface area contributed by atoms with Gasteiger partial charge >= 0.3 is 6.18 Å². The summed E-state index contributed by atoms with van der Waals surface area (Å²) in [7, 11) is 0. The molecule has 0 aliphatic heterocycles. The highest BCUT2D eigenvalue weighted by atomic mass is 19.4. The van der Waals surface area contributed by atoms with Gasteiger partial charge in [0.2, 0.25) is 0 Å². The van der Waals surface area contributed by atoms with Crippen molar-refractivity contribution >= 4 is 5.78 Å². The zero-order valence-corrected chi connectivity index (χ0v) is 12.6. The first kappa shape index (κ1) is 16.1. The van der Waals surface area contributed by atoms with Crippen molar-refractivity contribution in [2.45, 2.75) is 51.6 Å². The number of carbonyl (C=O) groups is 1. The second kappa shape index (κ2) is 5.47. The molecule has 0 saturated heterocycles. The van der Waals surface area contributed by atoms with E-state index < -0.39 is 17.2 Å². The topological polar surface area (TPSA) is 17.1 Å². The molecule has 1 saturated carbocycles. The second-order valence-corrected chi connectivity index (χ2v) is 6.67. The molecular weight excluding hydrogens is 277 g/mol. The Hall–Kier alpha value is -1.32. The zero-order valence-electron chi connectivity index (χ0n) is 12.6. The molecule has 1 aromatic carbocycles. The number of rotatable bonds is 2. The van der Waals surface area contributed by atoms with Crippen LogP contribution in [0.3, 0.4) is 0 Å². The highest BCUT2D eigenvalue weighted by molar-refractivity contribution is 5.83. The average Bonchev–Trinajstić information content (AvgIpc) is 2.37. The van der Waals surface area contributed by atoms with Crippen LogP contribution in [0, 0.1) is 11.8 Å². The third kappa shape index (κ3) is 3.14. The van der Waals surface area contributed by atoms with Crippen molar-refractivity contribution in [3.8, 4) is 0 Å². The highest BCUT2D eigenvalue weighted by Crippen LogP contribution is 2.44. The lowest BCUT2D eigenvalue weighted by atomic mass is 9.64. The van der Waals surface area contributed by atoms with Crippen molar-refractivity contribution in [2.75, 3.05) is 0 Å². The van der Waals surface area contributed by atoms with Gasteiger partial charge in [-0.05, 0) is 35.8 Å². The molecule has 1 aromatic rings. The Labute approximate surface area is 123 Å². The molecule has 0 N–H and O–H groups in total. The van der Waals surface area contributed by atoms with Gasteiger partial charge in [0, 0.05) is 12.3 Å². The maximum atomic E-state index is 13.2. The number of hydrogen-bond donors (Lipinski definition) is 0. The summed E-state index contributed by atoms with van der Waals surface area (Å²) in [6.07, 6.45) is -2.35. The maximum Gasteiger partial charge on any atom is 0.416 e. The number of ketones is 1. The summed E-state index contributed by atoms with van der Waals surface area (Å²) in [5.74, 6) is 0.0929. The Morgan fingerprint density at radius 3 is 2.14 bits per heavy atom. The van der Waals surface area contributed by atoms with Crippen molar-refractivity contribution in [1.82, 2.24) is 0 Å². The smallest absolute Gasteiger partial charge is 0.299 e. The fraction of sp³-hybridized carbons (Fsp3) is 0.588. The standard InChI is InChI=1S/C17H21F3O/c1-11-8-9-14(15(21)10-11)16(2,3)12-6-4-5-7-13(12)17(18,19)20/h4-7,11,14H,8-10H2,1-3H3. The maximum absolute atomic E-state index is 13.2. The summed E-state index contributed by atoms with van der Waals surface area (Å²) in [4.78, 5) is 12.3. The minimum absolute atomic E-state index is 0.0933. The Morgan fingerprint density at radius 2 is 1.62 bits per heavy atom. The molecule has 0 bridgehead atoms. The molecule has 1 aliphatic carbocycles. The molecule has 1 aliphatic rings. The molecule has 21 heavy (non-hydrogen) atoms. The van der Waals surface area contributed by atoms with E-state index in [1.54, 1.807) is 19.9 Å². The zero-order chi connectivity index (χ0) is 15.8. The minimum atomic E-state index is -4.39. The monoisotopic (exact) mass is 298 g/mol. The molecule has 2 rings (SSSR count). The van der Waals surface area contributed by atoms with E-state index in [0.29, 0.717) is 18.8 Å². The predicted octanol–water partition coefficient (Wildman–Crippen LogP) is 4.99. The minimum Gasteiger partial charge on any atom is -0.299 e. The molecule has 0 radical (unpaired) electrons. The SMILES string of the molecule is CC1CCC(C(C)(C)c2ccccc2C(F)(F)F)C(=O)C1. The van der Waals surface area contributed by atoms with Gasteiger partial charge in [-0.3, -0.25) is 4.79 Å². The molecule has 0 aromatic heterocycles. The van der Waals surface area contributed by atoms with Crippen LogP contribution in [0.4, 0.5) is 13.2 Å². The van der Waals surface area contributed by atoms with Gasteiger partial charge in [-0.2, -0.15) is 13.2 Å². The number of Topliss-reactive ketones (excluding diaryl/α,β-unsaturated/α-hetero) is 1. The highest BCUT2D eigenvalue weighted by Gasteiger charge is 2.44. The second-order valence-electron chi connectivity index (χ2n) is 6.67. The molecule has 1 nitrogen and oxygen atoms in total. The first-order valence-corrected chi connectivity index (χ1v) is 7.33. The molecular formula is C17H21F3O. The number of benzene rings is 1. The van der Waals surface area contributed by atoms with Crippen LogP contribution in [-0.4, -0.2) is 5.78 Å². The molecule has 2 atom stereocenters. The molecule has 0 heterocycles. The van der Waals surface area contributed by atoms with Crippen molar-refractivity contribution in [3.05, 3.63) is 35.4 Å². The number of alkyl halides is 3. The summed E-state index contributed by atoms with van der Waals surface area (Å²) in [6.45, 7) is 5.54. The Morgan fingerprint density at radius 1 is 1.05 bits per heavy atom. The predicted molar refractivity (Wildman–Crippen MR) is 76.0 cm³/mol. The van der Waals surface area contributed by atoms with Gasteiger partial charge in [0.25, 0.3) is 0 Å². The summed E-state index contributed by atoms with van der Waals surface area (Å²) >= 11 is 0. The van der Waals surface area contributed by atoms with E-state index in [-0.39, 0.29) is 17.3 Å². The lowest BCUT2D eigenvalue weighted by Crippen LogP contribution is -2.39. The molecule has 2 unspecified atom stereocenters. The number of hydrogen-bond acceptors (Lipinski definition) is 1. The van der Waals surface area contributed by atoms with Crippen LogP contribution in [0.25, 0.3) is 0 Å². The Kier molecular flexibility index (Phi) is 4.18. The normalized spacial score (nSPS) is 24.2. The average molecular weight is 298 g/mol.